The van der Waals surface area contributed by atoms with Gasteiger partial charge in [-0.05, 0) is 70.7 Å². The van der Waals surface area contributed by atoms with Crippen LogP contribution in [0.4, 0.5) is 0 Å². The van der Waals surface area contributed by atoms with Crippen LogP contribution in [0.15, 0.2) is 12.1 Å². The van der Waals surface area contributed by atoms with Gasteiger partial charge in [-0.3, -0.25) is 4.79 Å². The molecule has 2 rings (SSSR count). The number of rotatable bonds is 6. The molecule has 1 N–H and O–H groups in total. The van der Waals surface area contributed by atoms with E-state index in [0.717, 1.165) is 19.6 Å². The molecule has 1 aliphatic heterocycles. The number of carbonyl (C=O) groups excluding carboxylic acids is 1. The quantitative estimate of drug-likeness (QED) is 0.824. The fraction of sp³-hybridized carbons (Fsp3) is 0.722. The smallest absolute Gasteiger partial charge is 0.223 e. The maximum absolute atomic E-state index is 12.8. The van der Waals surface area contributed by atoms with Crippen LogP contribution in [0.25, 0.3) is 0 Å². The molecule has 0 radical (unpaired) electrons. The SMILES string of the molecule is Cc1ccc(CN(C(=O)CC(C)C2CCNCC2)C(C)C)s1.Cl. The molecule has 0 aromatic carbocycles. The molecule has 5 heteroatoms. The minimum absolute atomic E-state index is 0. The van der Waals surface area contributed by atoms with E-state index in [1.54, 1.807) is 11.3 Å². The highest BCUT2D eigenvalue weighted by molar-refractivity contribution is 7.11. The Morgan fingerprint density at radius 3 is 2.48 bits per heavy atom. The summed E-state index contributed by atoms with van der Waals surface area (Å²) in [6.07, 6.45) is 3.10. The second-order valence-electron chi connectivity index (χ2n) is 6.90. The van der Waals surface area contributed by atoms with E-state index in [4.69, 9.17) is 0 Å². The second-order valence-corrected chi connectivity index (χ2v) is 8.27. The van der Waals surface area contributed by atoms with Gasteiger partial charge in [-0.25, -0.2) is 0 Å². The first-order valence-corrected chi connectivity index (χ1v) is 9.34. The normalized spacial score (nSPS) is 16.9. The van der Waals surface area contributed by atoms with Crippen molar-refractivity contribution in [2.24, 2.45) is 11.8 Å². The van der Waals surface area contributed by atoms with Crippen LogP contribution in [-0.2, 0) is 11.3 Å². The monoisotopic (exact) mass is 358 g/mol. The summed E-state index contributed by atoms with van der Waals surface area (Å²) in [6.45, 7) is 11.6. The molecule has 1 aromatic rings. The number of amides is 1. The van der Waals surface area contributed by atoms with Crippen LogP contribution in [0, 0.1) is 18.8 Å². The van der Waals surface area contributed by atoms with E-state index in [9.17, 15) is 4.79 Å². The van der Waals surface area contributed by atoms with Crippen molar-refractivity contribution in [3.63, 3.8) is 0 Å². The van der Waals surface area contributed by atoms with Crippen molar-refractivity contribution in [3.05, 3.63) is 21.9 Å². The Morgan fingerprint density at radius 1 is 1.30 bits per heavy atom. The Labute approximate surface area is 151 Å². The van der Waals surface area contributed by atoms with Gasteiger partial charge in [-0.1, -0.05) is 6.92 Å². The van der Waals surface area contributed by atoms with E-state index in [-0.39, 0.29) is 18.4 Å². The molecule has 23 heavy (non-hydrogen) atoms. The van der Waals surface area contributed by atoms with E-state index < -0.39 is 0 Å². The zero-order chi connectivity index (χ0) is 16.1. The largest absolute Gasteiger partial charge is 0.335 e. The number of thiophene rings is 1. The molecular formula is C18H31ClN2OS. The van der Waals surface area contributed by atoms with Crippen molar-refractivity contribution in [3.8, 4) is 0 Å². The molecule has 1 aromatic heterocycles. The second kappa shape index (κ2) is 9.65. The fourth-order valence-electron chi connectivity index (χ4n) is 3.27. The molecule has 132 valence electrons. The zero-order valence-corrected chi connectivity index (χ0v) is 16.4. The first-order valence-electron chi connectivity index (χ1n) is 8.53. The van der Waals surface area contributed by atoms with Crippen molar-refractivity contribution in [1.82, 2.24) is 10.2 Å². The van der Waals surface area contributed by atoms with E-state index in [2.05, 4.69) is 45.1 Å². The van der Waals surface area contributed by atoms with Gasteiger partial charge in [-0.2, -0.15) is 0 Å². The first kappa shape index (κ1) is 20.5. The summed E-state index contributed by atoms with van der Waals surface area (Å²) in [5.74, 6) is 1.50. The third-order valence-corrected chi connectivity index (χ3v) is 5.74. The van der Waals surface area contributed by atoms with Crippen LogP contribution in [0.3, 0.4) is 0 Å². The lowest BCUT2D eigenvalue weighted by Crippen LogP contribution is -2.38. The van der Waals surface area contributed by atoms with Gasteiger partial charge in [-0.15, -0.1) is 23.7 Å². The summed E-state index contributed by atoms with van der Waals surface area (Å²) in [6, 6.07) is 4.55. The maximum Gasteiger partial charge on any atom is 0.223 e. The molecule has 1 fully saturated rings. The van der Waals surface area contributed by atoms with Gasteiger partial charge in [0.1, 0.15) is 0 Å². The minimum atomic E-state index is 0. The highest BCUT2D eigenvalue weighted by Crippen LogP contribution is 2.26. The number of nitrogens with one attached hydrogen (secondary N) is 1. The van der Waals surface area contributed by atoms with Gasteiger partial charge < -0.3 is 10.2 Å². The summed E-state index contributed by atoms with van der Waals surface area (Å²) >= 11 is 1.80. The van der Waals surface area contributed by atoms with Gasteiger partial charge >= 0.3 is 0 Å². The number of hydrogen-bond donors (Lipinski definition) is 1. The molecule has 0 saturated carbocycles. The number of piperidine rings is 1. The Kier molecular flexibility index (Phi) is 8.59. The van der Waals surface area contributed by atoms with Gasteiger partial charge in [0.25, 0.3) is 0 Å². The molecule has 2 heterocycles. The van der Waals surface area contributed by atoms with Gasteiger partial charge in [0.05, 0.1) is 6.54 Å². The van der Waals surface area contributed by atoms with Crippen molar-refractivity contribution >= 4 is 29.7 Å². The van der Waals surface area contributed by atoms with Gasteiger partial charge in [0, 0.05) is 22.2 Å². The van der Waals surface area contributed by atoms with Crippen molar-refractivity contribution in [1.29, 1.82) is 0 Å². The maximum atomic E-state index is 12.8. The van der Waals surface area contributed by atoms with Crippen LogP contribution in [0.1, 0.15) is 49.8 Å². The molecule has 1 saturated heterocycles. The van der Waals surface area contributed by atoms with Crippen molar-refractivity contribution in [2.75, 3.05) is 13.1 Å². The van der Waals surface area contributed by atoms with Crippen molar-refractivity contribution < 1.29 is 4.79 Å². The van der Waals surface area contributed by atoms with E-state index in [1.807, 2.05) is 4.90 Å². The Bertz CT molecular complexity index is 483. The van der Waals surface area contributed by atoms with Gasteiger partial charge in [0.15, 0.2) is 0 Å². The lowest BCUT2D eigenvalue weighted by Gasteiger charge is -2.31. The third-order valence-electron chi connectivity index (χ3n) is 4.75. The molecule has 1 aliphatic rings. The summed E-state index contributed by atoms with van der Waals surface area (Å²) < 4.78 is 0. The first-order chi connectivity index (χ1) is 10.5. The highest BCUT2D eigenvalue weighted by Gasteiger charge is 2.25. The fourth-order valence-corrected chi connectivity index (χ4v) is 4.16. The summed E-state index contributed by atoms with van der Waals surface area (Å²) in [4.78, 5) is 17.4. The number of halogens is 1. The van der Waals surface area contributed by atoms with Crippen LogP contribution in [0.2, 0.25) is 0 Å². The highest BCUT2D eigenvalue weighted by atomic mass is 35.5. The molecule has 1 amide bonds. The summed E-state index contributed by atoms with van der Waals surface area (Å²) in [5.41, 5.74) is 0. The average Bonchev–Trinajstić information content (AvgIpc) is 2.90. The zero-order valence-electron chi connectivity index (χ0n) is 14.8. The van der Waals surface area contributed by atoms with Gasteiger partial charge in [0.2, 0.25) is 5.91 Å². The Hall–Kier alpha value is -0.580. The molecule has 3 nitrogen and oxygen atoms in total. The standard InChI is InChI=1S/C18H30N2OS.ClH/c1-13(2)20(12-17-6-5-15(4)22-17)18(21)11-14(3)16-7-9-19-10-8-16;/h5-6,13-14,16,19H,7-12H2,1-4H3;1H. The molecule has 0 aliphatic carbocycles. The van der Waals surface area contributed by atoms with Crippen LogP contribution in [-0.4, -0.2) is 29.9 Å². The number of carbonyl (C=O) groups is 1. The summed E-state index contributed by atoms with van der Waals surface area (Å²) in [7, 11) is 0. The van der Waals surface area contributed by atoms with E-state index in [0.29, 0.717) is 24.2 Å². The topological polar surface area (TPSA) is 32.3 Å². The van der Waals surface area contributed by atoms with Crippen molar-refractivity contribution in [2.45, 2.75) is 59.5 Å². The number of nitrogens with zero attached hydrogens (tertiary/aromatic N) is 1. The number of hydrogen-bond acceptors (Lipinski definition) is 3. The molecule has 1 unspecified atom stereocenters. The predicted molar refractivity (Wildman–Crippen MR) is 101 cm³/mol. The third kappa shape index (κ3) is 6.09. The lowest BCUT2D eigenvalue weighted by atomic mass is 9.84. The van der Waals surface area contributed by atoms with Crippen LogP contribution in [0.5, 0.6) is 0 Å². The minimum Gasteiger partial charge on any atom is -0.335 e. The number of aryl methyl sites for hydroxylation is 1. The van der Waals surface area contributed by atoms with E-state index >= 15 is 0 Å². The Morgan fingerprint density at radius 2 is 1.96 bits per heavy atom. The molecule has 0 bridgehead atoms. The molecular weight excluding hydrogens is 328 g/mol. The lowest BCUT2D eigenvalue weighted by molar-refractivity contribution is -0.134. The molecule has 0 spiro atoms. The van der Waals surface area contributed by atoms with E-state index in [1.165, 1.54) is 22.6 Å². The molecule has 1 atom stereocenters. The Balaban J connectivity index is 0.00000264. The summed E-state index contributed by atoms with van der Waals surface area (Å²) in [5, 5.41) is 3.40. The van der Waals surface area contributed by atoms with Crippen LogP contribution >= 0.6 is 23.7 Å². The predicted octanol–water partition coefficient (Wildman–Crippen LogP) is 4.24. The van der Waals surface area contributed by atoms with Crippen LogP contribution < -0.4 is 5.32 Å². The average molecular weight is 359 g/mol.